The Morgan fingerprint density at radius 1 is 1.53 bits per heavy atom. The van der Waals surface area contributed by atoms with Crippen molar-refractivity contribution in [1.29, 1.82) is 0 Å². The molecule has 0 aliphatic carbocycles. The van der Waals surface area contributed by atoms with Gasteiger partial charge >= 0.3 is 5.97 Å². The molecular formula is C13H14N2O2. The summed E-state index contributed by atoms with van der Waals surface area (Å²) in [5, 5.41) is 12.5. The highest BCUT2D eigenvalue weighted by molar-refractivity contribution is 6.16. The van der Waals surface area contributed by atoms with E-state index in [4.69, 9.17) is 0 Å². The Hall–Kier alpha value is -1.68. The predicted octanol–water partition coefficient (Wildman–Crippen LogP) is 1.69. The third kappa shape index (κ3) is 1.34. The summed E-state index contributed by atoms with van der Waals surface area (Å²) in [5.74, 6) is -0.692. The van der Waals surface area contributed by atoms with Crippen molar-refractivity contribution in [1.82, 2.24) is 5.32 Å². The number of nitrogens with zero attached hydrogens (tertiary/aromatic N) is 1. The maximum absolute atomic E-state index is 11.4. The van der Waals surface area contributed by atoms with Crippen LogP contribution < -0.4 is 5.32 Å². The maximum Gasteiger partial charge on any atom is 0.329 e. The predicted molar refractivity (Wildman–Crippen MR) is 64.9 cm³/mol. The van der Waals surface area contributed by atoms with Crippen LogP contribution >= 0.6 is 0 Å². The van der Waals surface area contributed by atoms with Crippen LogP contribution in [-0.4, -0.2) is 28.9 Å². The molecule has 17 heavy (non-hydrogen) atoms. The van der Waals surface area contributed by atoms with Crippen molar-refractivity contribution in [2.75, 3.05) is 6.54 Å². The van der Waals surface area contributed by atoms with Crippen LogP contribution in [0.5, 0.6) is 0 Å². The second kappa shape index (κ2) is 3.40. The van der Waals surface area contributed by atoms with E-state index < -0.39 is 11.5 Å². The van der Waals surface area contributed by atoms with Crippen molar-refractivity contribution in [3.63, 3.8) is 0 Å². The molecule has 0 spiro atoms. The van der Waals surface area contributed by atoms with Crippen LogP contribution in [0, 0.1) is 0 Å². The molecule has 0 radical (unpaired) electrons. The number of hydrogen-bond donors (Lipinski definition) is 2. The van der Waals surface area contributed by atoms with Gasteiger partial charge in [-0.25, -0.2) is 4.79 Å². The van der Waals surface area contributed by atoms with Gasteiger partial charge in [0.1, 0.15) is 0 Å². The Kier molecular flexibility index (Phi) is 2.10. The monoisotopic (exact) mass is 230 g/mol. The number of carbonyl (C=O) groups is 1. The van der Waals surface area contributed by atoms with E-state index in [0.29, 0.717) is 6.54 Å². The number of aliphatic carboxylic acids is 1. The van der Waals surface area contributed by atoms with Gasteiger partial charge in [-0.15, -0.1) is 0 Å². The summed E-state index contributed by atoms with van der Waals surface area (Å²) in [7, 11) is 0. The van der Waals surface area contributed by atoms with Gasteiger partial charge in [-0.1, -0.05) is 18.2 Å². The van der Waals surface area contributed by atoms with Crippen LogP contribution in [0.2, 0.25) is 0 Å². The fourth-order valence-corrected chi connectivity index (χ4v) is 2.73. The molecule has 1 fully saturated rings. The van der Waals surface area contributed by atoms with E-state index in [1.807, 2.05) is 24.3 Å². The molecule has 2 heterocycles. The molecule has 2 aliphatic heterocycles. The highest BCUT2D eigenvalue weighted by Crippen LogP contribution is 2.42. The Bertz CT molecular complexity index is 524. The van der Waals surface area contributed by atoms with Gasteiger partial charge < -0.3 is 5.11 Å². The van der Waals surface area contributed by atoms with Gasteiger partial charge in [0.25, 0.3) is 0 Å². The van der Waals surface area contributed by atoms with Crippen LogP contribution in [0.3, 0.4) is 0 Å². The Morgan fingerprint density at radius 3 is 3.06 bits per heavy atom. The molecular weight excluding hydrogens is 216 g/mol. The Balaban J connectivity index is 2.12. The topological polar surface area (TPSA) is 61.7 Å². The third-order valence-electron chi connectivity index (χ3n) is 3.73. The molecule has 2 aliphatic rings. The minimum absolute atomic E-state index is 0.161. The summed E-state index contributed by atoms with van der Waals surface area (Å²) in [6.45, 7) is 2.41. The van der Waals surface area contributed by atoms with Crippen LogP contribution in [-0.2, 0) is 4.79 Å². The first-order valence-corrected chi connectivity index (χ1v) is 5.79. The molecule has 88 valence electrons. The third-order valence-corrected chi connectivity index (χ3v) is 3.73. The smallest absolute Gasteiger partial charge is 0.329 e. The zero-order valence-corrected chi connectivity index (χ0v) is 9.60. The second-order valence-corrected chi connectivity index (χ2v) is 4.75. The average Bonchev–Trinajstić information content (AvgIpc) is 2.70. The molecule has 2 unspecified atom stereocenters. The molecule has 0 saturated carbocycles. The number of nitrogens with one attached hydrogen (secondary N) is 1. The van der Waals surface area contributed by atoms with Crippen molar-refractivity contribution < 1.29 is 9.90 Å². The molecule has 2 atom stereocenters. The van der Waals surface area contributed by atoms with Crippen LogP contribution in [0.25, 0.3) is 0 Å². The minimum atomic E-state index is -1.03. The average molecular weight is 230 g/mol. The first-order valence-electron chi connectivity index (χ1n) is 5.79. The zero-order chi connectivity index (χ0) is 12.0. The van der Waals surface area contributed by atoms with Crippen LogP contribution in [0.4, 0.5) is 5.69 Å². The molecule has 4 heteroatoms. The van der Waals surface area contributed by atoms with E-state index in [9.17, 15) is 9.90 Å². The van der Waals surface area contributed by atoms with Crippen molar-refractivity contribution in [3.05, 3.63) is 29.8 Å². The summed E-state index contributed by atoms with van der Waals surface area (Å²) < 4.78 is 0. The largest absolute Gasteiger partial charge is 0.480 e. The van der Waals surface area contributed by atoms with Gasteiger partial charge in [0, 0.05) is 5.92 Å². The lowest BCUT2D eigenvalue weighted by Crippen LogP contribution is -2.60. The van der Waals surface area contributed by atoms with Gasteiger partial charge in [0.15, 0.2) is 5.54 Å². The second-order valence-electron chi connectivity index (χ2n) is 4.75. The highest BCUT2D eigenvalue weighted by atomic mass is 16.4. The lowest BCUT2D eigenvalue weighted by atomic mass is 9.79. The van der Waals surface area contributed by atoms with Crippen LogP contribution in [0.1, 0.15) is 24.8 Å². The van der Waals surface area contributed by atoms with Crippen LogP contribution in [0.15, 0.2) is 29.3 Å². The Labute approximate surface area is 99.4 Å². The number of benzene rings is 1. The van der Waals surface area contributed by atoms with E-state index >= 15 is 0 Å². The van der Waals surface area contributed by atoms with Crippen molar-refractivity contribution in [3.8, 4) is 0 Å². The molecule has 4 nitrogen and oxygen atoms in total. The summed E-state index contributed by atoms with van der Waals surface area (Å²) in [6, 6.07) is 7.91. The number of aliphatic imine (C=N–C) groups is 1. The number of rotatable bonds is 1. The standard InChI is InChI=1S/C13H14N2O2/c1-13(12(16)17)11-9(6-7-14-13)8-4-2-3-5-10(8)15-11/h2-5,9,14H,6-7H2,1H3,(H,16,17). The van der Waals surface area contributed by atoms with Gasteiger partial charge in [-0.3, -0.25) is 10.3 Å². The SMILES string of the molecule is CC1(C(=O)O)NCCC2C1=Nc1ccccc12. The lowest BCUT2D eigenvalue weighted by Gasteiger charge is -2.35. The van der Waals surface area contributed by atoms with Crippen molar-refractivity contribution in [2.24, 2.45) is 4.99 Å². The van der Waals surface area contributed by atoms with Gasteiger partial charge in [-0.2, -0.15) is 0 Å². The minimum Gasteiger partial charge on any atom is -0.480 e. The molecule has 0 amide bonds. The molecule has 1 aromatic rings. The lowest BCUT2D eigenvalue weighted by molar-refractivity contribution is -0.141. The quantitative estimate of drug-likeness (QED) is 0.771. The van der Waals surface area contributed by atoms with Crippen molar-refractivity contribution >= 4 is 17.4 Å². The summed E-state index contributed by atoms with van der Waals surface area (Å²) in [4.78, 5) is 15.9. The summed E-state index contributed by atoms with van der Waals surface area (Å²) >= 11 is 0. The fourth-order valence-electron chi connectivity index (χ4n) is 2.73. The van der Waals surface area contributed by atoms with E-state index in [2.05, 4.69) is 10.3 Å². The molecule has 1 aromatic carbocycles. The molecule has 2 N–H and O–H groups in total. The van der Waals surface area contributed by atoms with E-state index in [1.165, 1.54) is 0 Å². The fraction of sp³-hybridized carbons (Fsp3) is 0.385. The number of carboxylic acid groups (broad SMARTS) is 1. The summed E-state index contributed by atoms with van der Waals surface area (Å²) in [6.07, 6.45) is 0.915. The number of hydrogen-bond acceptors (Lipinski definition) is 3. The maximum atomic E-state index is 11.4. The molecule has 3 rings (SSSR count). The first kappa shape index (κ1) is 10.5. The Morgan fingerprint density at radius 2 is 2.29 bits per heavy atom. The van der Waals surface area contributed by atoms with E-state index in [-0.39, 0.29) is 5.92 Å². The van der Waals surface area contributed by atoms with Gasteiger partial charge in [0.05, 0.1) is 11.4 Å². The number of fused-ring (bicyclic) bond motifs is 3. The normalized spacial score (nSPS) is 30.4. The van der Waals surface area contributed by atoms with Gasteiger partial charge in [0.2, 0.25) is 0 Å². The molecule has 0 aromatic heterocycles. The van der Waals surface area contributed by atoms with Gasteiger partial charge in [-0.05, 0) is 31.5 Å². The zero-order valence-electron chi connectivity index (χ0n) is 9.60. The number of carboxylic acids is 1. The van der Waals surface area contributed by atoms with E-state index in [1.54, 1.807) is 6.92 Å². The number of para-hydroxylation sites is 1. The number of piperidine rings is 1. The molecule has 0 bridgehead atoms. The highest BCUT2D eigenvalue weighted by Gasteiger charge is 2.47. The van der Waals surface area contributed by atoms with Crippen molar-refractivity contribution in [2.45, 2.75) is 24.8 Å². The molecule has 1 saturated heterocycles. The first-order chi connectivity index (χ1) is 8.13. The van der Waals surface area contributed by atoms with E-state index in [0.717, 1.165) is 23.4 Å². The summed E-state index contributed by atoms with van der Waals surface area (Å²) in [5.41, 5.74) is 1.81.